The molecule has 0 aliphatic carbocycles. The number of methoxy groups -OCH3 is 1. The molecule has 3 aromatic rings. The smallest absolute Gasteiger partial charge is 0.242 e. The Morgan fingerprint density at radius 1 is 1.07 bits per heavy atom. The van der Waals surface area contributed by atoms with Crippen LogP contribution < -0.4 is 9.64 Å². The van der Waals surface area contributed by atoms with E-state index >= 15 is 0 Å². The standard InChI is InChI=1S/C20H20F2N4O2/c1-28-15-4-2-14(3-5-15)24-6-8-25(9-7-24)20(27)12-26-13-23-18-10-16(21)17(22)11-19(18)26/h2-5,10-11,13H,6-9,12H2,1H3. The summed E-state index contributed by atoms with van der Waals surface area (Å²) in [7, 11) is 1.63. The lowest BCUT2D eigenvalue weighted by atomic mass is 10.2. The molecule has 2 aromatic carbocycles. The van der Waals surface area contributed by atoms with E-state index in [1.165, 1.54) is 6.33 Å². The molecule has 6 nitrogen and oxygen atoms in total. The zero-order valence-corrected chi connectivity index (χ0v) is 15.4. The number of hydrogen-bond acceptors (Lipinski definition) is 4. The topological polar surface area (TPSA) is 50.6 Å². The molecule has 0 radical (unpaired) electrons. The number of hydrogen-bond donors (Lipinski definition) is 0. The van der Waals surface area contributed by atoms with Crippen molar-refractivity contribution in [3.63, 3.8) is 0 Å². The van der Waals surface area contributed by atoms with Crippen LogP contribution in [0.4, 0.5) is 14.5 Å². The molecule has 1 aliphatic rings. The molecule has 4 rings (SSSR count). The highest BCUT2D eigenvalue weighted by molar-refractivity contribution is 5.81. The molecular formula is C20H20F2N4O2. The van der Waals surface area contributed by atoms with Crippen molar-refractivity contribution in [2.75, 3.05) is 38.2 Å². The third-order valence-corrected chi connectivity index (χ3v) is 5.04. The fraction of sp³-hybridized carbons (Fsp3) is 0.300. The van der Waals surface area contributed by atoms with Gasteiger partial charge in [-0.25, -0.2) is 13.8 Å². The number of carbonyl (C=O) groups is 1. The van der Waals surface area contributed by atoms with Crippen LogP contribution in [-0.4, -0.2) is 53.6 Å². The van der Waals surface area contributed by atoms with E-state index in [2.05, 4.69) is 9.88 Å². The van der Waals surface area contributed by atoms with Crippen LogP contribution in [0, 0.1) is 11.6 Å². The zero-order valence-electron chi connectivity index (χ0n) is 15.4. The Morgan fingerprint density at radius 2 is 1.75 bits per heavy atom. The molecule has 28 heavy (non-hydrogen) atoms. The summed E-state index contributed by atoms with van der Waals surface area (Å²) in [4.78, 5) is 20.7. The first-order chi connectivity index (χ1) is 13.5. The molecule has 0 spiro atoms. The Balaban J connectivity index is 1.39. The number of rotatable bonds is 4. The lowest BCUT2D eigenvalue weighted by Crippen LogP contribution is -2.49. The number of fused-ring (bicyclic) bond motifs is 1. The Bertz CT molecular complexity index is 995. The van der Waals surface area contributed by atoms with E-state index in [0.29, 0.717) is 24.1 Å². The first-order valence-corrected chi connectivity index (χ1v) is 9.02. The van der Waals surface area contributed by atoms with Gasteiger partial charge in [-0.2, -0.15) is 0 Å². The molecule has 2 heterocycles. The number of carbonyl (C=O) groups excluding carboxylic acids is 1. The number of imidazole rings is 1. The second-order valence-electron chi connectivity index (χ2n) is 6.69. The van der Waals surface area contributed by atoms with E-state index in [9.17, 15) is 13.6 Å². The third kappa shape index (κ3) is 3.49. The molecule has 0 bridgehead atoms. The van der Waals surface area contributed by atoms with Gasteiger partial charge in [-0.3, -0.25) is 4.79 Å². The van der Waals surface area contributed by atoms with Crippen LogP contribution in [0.15, 0.2) is 42.7 Å². The predicted molar refractivity (Wildman–Crippen MR) is 101 cm³/mol. The van der Waals surface area contributed by atoms with Crippen LogP contribution in [0.3, 0.4) is 0 Å². The average Bonchev–Trinajstić information content (AvgIpc) is 3.10. The summed E-state index contributed by atoms with van der Waals surface area (Å²) in [6.45, 7) is 2.69. The van der Waals surface area contributed by atoms with Gasteiger partial charge in [0.2, 0.25) is 5.91 Å². The molecule has 0 N–H and O–H groups in total. The fourth-order valence-electron chi connectivity index (χ4n) is 3.43. The molecule has 146 valence electrons. The molecular weight excluding hydrogens is 366 g/mol. The predicted octanol–water partition coefficient (Wildman–Crippen LogP) is 2.67. The van der Waals surface area contributed by atoms with E-state index in [0.717, 1.165) is 36.7 Å². The Morgan fingerprint density at radius 3 is 2.43 bits per heavy atom. The van der Waals surface area contributed by atoms with Crippen molar-refractivity contribution in [1.82, 2.24) is 14.5 Å². The molecule has 0 saturated carbocycles. The van der Waals surface area contributed by atoms with Crippen LogP contribution in [0.1, 0.15) is 0 Å². The van der Waals surface area contributed by atoms with Gasteiger partial charge in [0.05, 0.1) is 24.5 Å². The molecule has 1 amide bonds. The van der Waals surface area contributed by atoms with Crippen molar-refractivity contribution in [3.05, 3.63) is 54.4 Å². The minimum atomic E-state index is -0.949. The van der Waals surface area contributed by atoms with Gasteiger partial charge in [0.1, 0.15) is 12.3 Å². The first kappa shape index (κ1) is 18.2. The van der Waals surface area contributed by atoms with Gasteiger partial charge in [-0.05, 0) is 24.3 Å². The monoisotopic (exact) mass is 386 g/mol. The summed E-state index contributed by atoms with van der Waals surface area (Å²) >= 11 is 0. The summed E-state index contributed by atoms with van der Waals surface area (Å²) in [6, 6.07) is 9.95. The maximum Gasteiger partial charge on any atom is 0.242 e. The van der Waals surface area contributed by atoms with E-state index < -0.39 is 11.6 Å². The first-order valence-electron chi connectivity index (χ1n) is 9.02. The van der Waals surface area contributed by atoms with Gasteiger partial charge >= 0.3 is 0 Å². The maximum absolute atomic E-state index is 13.5. The van der Waals surface area contributed by atoms with Crippen molar-refractivity contribution in [1.29, 1.82) is 0 Å². The lowest BCUT2D eigenvalue weighted by Gasteiger charge is -2.36. The van der Waals surface area contributed by atoms with Crippen LogP contribution in [0.5, 0.6) is 5.75 Å². The highest BCUT2D eigenvalue weighted by Gasteiger charge is 2.22. The van der Waals surface area contributed by atoms with Crippen molar-refractivity contribution in [3.8, 4) is 5.75 Å². The molecule has 0 atom stereocenters. The number of anilines is 1. The molecule has 1 fully saturated rings. The van der Waals surface area contributed by atoms with Crippen molar-refractivity contribution < 1.29 is 18.3 Å². The Hall–Kier alpha value is -3.16. The SMILES string of the molecule is COc1ccc(N2CCN(C(=O)Cn3cnc4cc(F)c(F)cc43)CC2)cc1. The maximum atomic E-state index is 13.5. The van der Waals surface area contributed by atoms with Crippen LogP contribution >= 0.6 is 0 Å². The summed E-state index contributed by atoms with van der Waals surface area (Å²) in [5, 5.41) is 0. The Kier molecular flexibility index (Phi) is 4.85. The quantitative estimate of drug-likeness (QED) is 0.692. The van der Waals surface area contributed by atoms with E-state index in [1.807, 2.05) is 24.3 Å². The highest BCUT2D eigenvalue weighted by atomic mass is 19.2. The van der Waals surface area contributed by atoms with E-state index in [-0.39, 0.29) is 12.5 Å². The summed E-state index contributed by atoms with van der Waals surface area (Å²) in [6.07, 6.45) is 1.44. The van der Waals surface area contributed by atoms with Crippen LogP contribution in [0.2, 0.25) is 0 Å². The molecule has 1 saturated heterocycles. The van der Waals surface area contributed by atoms with Crippen molar-refractivity contribution in [2.24, 2.45) is 0 Å². The minimum absolute atomic E-state index is 0.0457. The molecule has 1 aromatic heterocycles. The molecule has 1 aliphatic heterocycles. The van der Waals surface area contributed by atoms with Gasteiger partial charge < -0.3 is 19.1 Å². The number of aromatic nitrogens is 2. The van der Waals surface area contributed by atoms with Gasteiger partial charge in [-0.15, -0.1) is 0 Å². The number of ether oxygens (including phenoxy) is 1. The fourth-order valence-corrected chi connectivity index (χ4v) is 3.43. The normalized spacial score (nSPS) is 14.5. The van der Waals surface area contributed by atoms with E-state index in [4.69, 9.17) is 4.74 Å². The highest BCUT2D eigenvalue weighted by Crippen LogP contribution is 2.21. The average molecular weight is 386 g/mol. The lowest BCUT2D eigenvalue weighted by molar-refractivity contribution is -0.132. The van der Waals surface area contributed by atoms with Gasteiger partial charge in [-0.1, -0.05) is 0 Å². The second kappa shape index (κ2) is 7.46. The summed E-state index contributed by atoms with van der Waals surface area (Å²) in [5.74, 6) is -1.16. The summed E-state index contributed by atoms with van der Waals surface area (Å²) in [5.41, 5.74) is 1.83. The third-order valence-electron chi connectivity index (χ3n) is 5.04. The largest absolute Gasteiger partial charge is 0.497 e. The van der Waals surface area contributed by atoms with Gasteiger partial charge in [0.25, 0.3) is 0 Å². The molecule has 8 heteroatoms. The Labute approximate surface area is 160 Å². The van der Waals surface area contributed by atoms with Crippen molar-refractivity contribution >= 4 is 22.6 Å². The molecule has 0 unspecified atom stereocenters. The zero-order chi connectivity index (χ0) is 19.7. The number of halogens is 2. The van der Waals surface area contributed by atoms with Crippen LogP contribution in [-0.2, 0) is 11.3 Å². The second-order valence-corrected chi connectivity index (χ2v) is 6.69. The number of amides is 1. The van der Waals surface area contributed by atoms with Gasteiger partial charge in [0, 0.05) is 44.0 Å². The van der Waals surface area contributed by atoms with E-state index in [1.54, 1.807) is 16.6 Å². The minimum Gasteiger partial charge on any atom is -0.497 e. The number of benzene rings is 2. The summed E-state index contributed by atoms with van der Waals surface area (Å²) < 4.78 is 33.6. The van der Waals surface area contributed by atoms with Crippen LogP contribution in [0.25, 0.3) is 11.0 Å². The van der Waals surface area contributed by atoms with Crippen molar-refractivity contribution in [2.45, 2.75) is 6.54 Å². The number of piperazine rings is 1. The van der Waals surface area contributed by atoms with Gasteiger partial charge in [0.15, 0.2) is 11.6 Å². The number of nitrogens with zero attached hydrogens (tertiary/aromatic N) is 4.